The second-order valence-electron chi connectivity index (χ2n) is 6.15. The van der Waals surface area contributed by atoms with Crippen LogP contribution in [-0.4, -0.2) is 42.0 Å². The number of piperazine rings is 1. The average molecular weight is 390 g/mol. The number of hydrogen-bond acceptors (Lipinski definition) is 5. The van der Waals surface area contributed by atoms with Gasteiger partial charge in [0.1, 0.15) is 0 Å². The normalized spacial score (nSPS) is 16.8. The number of carbonyl (C=O) groups excluding carboxylic acids is 1. The zero-order valence-corrected chi connectivity index (χ0v) is 15.6. The first kappa shape index (κ1) is 19.1. The molecule has 2 aromatic carbocycles. The summed E-state index contributed by atoms with van der Waals surface area (Å²) < 4.78 is 5.29. The summed E-state index contributed by atoms with van der Waals surface area (Å²) >= 11 is 6.10. The molecule has 27 heavy (non-hydrogen) atoms. The number of nitrogens with zero attached hydrogens (tertiary/aromatic N) is 2. The minimum absolute atomic E-state index is 0.158. The van der Waals surface area contributed by atoms with Crippen molar-refractivity contribution in [2.75, 3.05) is 26.2 Å². The molecule has 3 rings (SSSR count). The van der Waals surface area contributed by atoms with Crippen LogP contribution in [0.5, 0.6) is 5.75 Å². The Kier molecular flexibility index (Phi) is 5.93. The predicted octanol–water partition coefficient (Wildman–Crippen LogP) is 3.43. The molecule has 1 amide bonds. The summed E-state index contributed by atoms with van der Waals surface area (Å²) in [6, 6.07) is 11.5. The van der Waals surface area contributed by atoms with E-state index in [1.165, 1.54) is 12.1 Å². The summed E-state index contributed by atoms with van der Waals surface area (Å²) in [5.41, 5.74) is 0.972. The molecule has 1 saturated heterocycles. The van der Waals surface area contributed by atoms with Gasteiger partial charge in [0.05, 0.1) is 17.6 Å². The van der Waals surface area contributed by atoms with E-state index in [2.05, 4.69) is 5.32 Å². The van der Waals surface area contributed by atoms with Crippen LogP contribution in [0.25, 0.3) is 0 Å². The van der Waals surface area contributed by atoms with Gasteiger partial charge in [0, 0.05) is 36.3 Å². The number of amides is 1. The van der Waals surface area contributed by atoms with Gasteiger partial charge in [-0.2, -0.15) is 0 Å². The Morgan fingerprint density at radius 2 is 2.19 bits per heavy atom. The van der Waals surface area contributed by atoms with Crippen LogP contribution in [0.4, 0.5) is 5.69 Å². The predicted molar refractivity (Wildman–Crippen MR) is 102 cm³/mol. The Labute approximate surface area is 162 Å². The summed E-state index contributed by atoms with van der Waals surface area (Å²) in [5, 5.41) is 15.2. The Morgan fingerprint density at radius 1 is 1.37 bits per heavy atom. The lowest BCUT2D eigenvalue weighted by molar-refractivity contribution is -0.385. The van der Waals surface area contributed by atoms with Gasteiger partial charge in [-0.15, -0.1) is 0 Å². The summed E-state index contributed by atoms with van der Waals surface area (Å²) in [4.78, 5) is 25.7. The van der Waals surface area contributed by atoms with Gasteiger partial charge in [-0.1, -0.05) is 23.7 Å². The lowest BCUT2D eigenvalue weighted by Crippen LogP contribution is -2.48. The lowest BCUT2D eigenvalue weighted by atomic mass is 10.0. The van der Waals surface area contributed by atoms with Crippen LogP contribution in [0.3, 0.4) is 0 Å². The van der Waals surface area contributed by atoms with Gasteiger partial charge in [-0.3, -0.25) is 14.9 Å². The third-order valence-electron chi connectivity index (χ3n) is 4.44. The van der Waals surface area contributed by atoms with E-state index in [9.17, 15) is 14.9 Å². The maximum Gasteiger partial charge on any atom is 0.311 e. The Hall–Kier alpha value is -2.64. The van der Waals surface area contributed by atoms with Crippen molar-refractivity contribution in [2.45, 2.75) is 13.0 Å². The first-order chi connectivity index (χ1) is 13.0. The molecular weight excluding hydrogens is 370 g/mol. The first-order valence-corrected chi connectivity index (χ1v) is 9.07. The second-order valence-corrected chi connectivity index (χ2v) is 6.58. The standard InChI is InChI=1S/C19H20ClN3O4/c1-2-27-18-7-6-14(11-16(18)23(25)26)19(24)22-9-8-21-12-17(22)13-4-3-5-15(20)10-13/h3-7,10-11,17,21H,2,8-9,12H2,1H3. The van der Waals surface area contributed by atoms with Gasteiger partial charge in [0.25, 0.3) is 5.91 Å². The van der Waals surface area contributed by atoms with Crippen molar-refractivity contribution in [3.63, 3.8) is 0 Å². The van der Waals surface area contributed by atoms with Gasteiger partial charge in [0.15, 0.2) is 5.75 Å². The number of ether oxygens (including phenoxy) is 1. The van der Waals surface area contributed by atoms with Gasteiger partial charge in [0.2, 0.25) is 0 Å². The molecule has 1 fully saturated rings. The van der Waals surface area contributed by atoms with Gasteiger partial charge >= 0.3 is 5.69 Å². The molecule has 1 unspecified atom stereocenters. The smallest absolute Gasteiger partial charge is 0.311 e. The summed E-state index contributed by atoms with van der Waals surface area (Å²) in [6.07, 6.45) is 0. The van der Waals surface area contributed by atoms with Crippen molar-refractivity contribution in [1.29, 1.82) is 0 Å². The number of benzene rings is 2. The average Bonchev–Trinajstić information content (AvgIpc) is 2.68. The number of nitro benzene ring substituents is 1. The first-order valence-electron chi connectivity index (χ1n) is 8.69. The Balaban J connectivity index is 1.93. The fourth-order valence-corrected chi connectivity index (χ4v) is 3.39. The van der Waals surface area contributed by atoms with Crippen molar-refractivity contribution in [2.24, 2.45) is 0 Å². The van der Waals surface area contributed by atoms with Crippen LogP contribution >= 0.6 is 11.6 Å². The molecule has 1 heterocycles. The molecular formula is C19H20ClN3O4. The number of nitrogens with one attached hydrogen (secondary N) is 1. The topological polar surface area (TPSA) is 84.7 Å². The van der Waals surface area contributed by atoms with Crippen molar-refractivity contribution in [3.8, 4) is 5.75 Å². The molecule has 142 valence electrons. The second kappa shape index (κ2) is 8.37. The van der Waals surface area contributed by atoms with E-state index in [1.54, 1.807) is 24.0 Å². The molecule has 2 aromatic rings. The Bertz CT molecular complexity index is 859. The number of halogens is 1. The van der Waals surface area contributed by atoms with E-state index in [1.807, 2.05) is 18.2 Å². The highest BCUT2D eigenvalue weighted by Crippen LogP contribution is 2.31. The Morgan fingerprint density at radius 3 is 2.89 bits per heavy atom. The van der Waals surface area contributed by atoms with Gasteiger partial charge in [-0.25, -0.2) is 0 Å². The van der Waals surface area contributed by atoms with Crippen molar-refractivity contribution >= 4 is 23.2 Å². The number of rotatable bonds is 5. The highest BCUT2D eigenvalue weighted by atomic mass is 35.5. The third kappa shape index (κ3) is 4.20. The largest absolute Gasteiger partial charge is 0.487 e. The van der Waals surface area contributed by atoms with E-state index in [4.69, 9.17) is 16.3 Å². The maximum atomic E-state index is 13.1. The highest BCUT2D eigenvalue weighted by molar-refractivity contribution is 6.30. The molecule has 0 radical (unpaired) electrons. The minimum Gasteiger partial charge on any atom is -0.487 e. The van der Waals surface area contributed by atoms with Crippen molar-refractivity contribution in [1.82, 2.24) is 10.2 Å². The fraction of sp³-hybridized carbons (Fsp3) is 0.316. The molecule has 0 aliphatic carbocycles. The summed E-state index contributed by atoms with van der Waals surface area (Å²) in [7, 11) is 0. The summed E-state index contributed by atoms with van der Waals surface area (Å²) in [6.45, 7) is 3.80. The van der Waals surface area contributed by atoms with E-state index in [0.717, 1.165) is 5.56 Å². The van der Waals surface area contributed by atoms with Crippen molar-refractivity contribution in [3.05, 3.63) is 68.7 Å². The number of carbonyl (C=O) groups is 1. The van der Waals surface area contributed by atoms with E-state index < -0.39 is 4.92 Å². The molecule has 1 N–H and O–H groups in total. The van der Waals surface area contributed by atoms with Crippen LogP contribution in [-0.2, 0) is 0 Å². The SMILES string of the molecule is CCOc1ccc(C(=O)N2CCNCC2c2cccc(Cl)c2)cc1[N+](=O)[O-]. The quantitative estimate of drug-likeness (QED) is 0.625. The van der Waals surface area contributed by atoms with E-state index >= 15 is 0 Å². The highest BCUT2D eigenvalue weighted by Gasteiger charge is 2.30. The third-order valence-corrected chi connectivity index (χ3v) is 4.68. The molecule has 0 spiro atoms. The molecule has 0 aromatic heterocycles. The zero-order valence-electron chi connectivity index (χ0n) is 14.9. The fourth-order valence-electron chi connectivity index (χ4n) is 3.20. The van der Waals surface area contributed by atoms with E-state index in [-0.39, 0.29) is 28.9 Å². The van der Waals surface area contributed by atoms with Crippen LogP contribution in [0, 0.1) is 10.1 Å². The van der Waals surface area contributed by atoms with E-state index in [0.29, 0.717) is 31.3 Å². The molecule has 0 bridgehead atoms. The van der Waals surface area contributed by atoms with Crippen LogP contribution in [0.15, 0.2) is 42.5 Å². The van der Waals surface area contributed by atoms with Gasteiger partial charge in [-0.05, 0) is 36.8 Å². The molecule has 7 nitrogen and oxygen atoms in total. The molecule has 1 aliphatic rings. The zero-order chi connectivity index (χ0) is 19.4. The molecule has 8 heteroatoms. The van der Waals surface area contributed by atoms with Gasteiger partial charge < -0.3 is 15.0 Å². The number of nitro groups is 1. The molecule has 1 atom stereocenters. The molecule has 0 saturated carbocycles. The molecule has 1 aliphatic heterocycles. The van der Waals surface area contributed by atoms with Crippen molar-refractivity contribution < 1.29 is 14.5 Å². The van der Waals surface area contributed by atoms with Crippen LogP contribution < -0.4 is 10.1 Å². The van der Waals surface area contributed by atoms with Crippen LogP contribution in [0.1, 0.15) is 28.9 Å². The summed E-state index contributed by atoms with van der Waals surface area (Å²) in [5.74, 6) is -0.0987. The maximum absolute atomic E-state index is 13.1. The minimum atomic E-state index is -0.534. The van der Waals surface area contributed by atoms with Crippen LogP contribution in [0.2, 0.25) is 5.02 Å². The lowest BCUT2D eigenvalue weighted by Gasteiger charge is -2.36. The monoisotopic (exact) mass is 389 g/mol. The number of hydrogen-bond donors (Lipinski definition) is 1.